The zero-order valence-corrected chi connectivity index (χ0v) is 11.6. The third-order valence-corrected chi connectivity index (χ3v) is 3.85. The van der Waals surface area contributed by atoms with Gasteiger partial charge in [-0.15, -0.1) is 0 Å². The van der Waals surface area contributed by atoms with Crippen molar-refractivity contribution in [2.24, 2.45) is 11.1 Å². The maximum atomic E-state index is 12.5. The second-order valence-corrected chi connectivity index (χ2v) is 5.58. The molecule has 0 radical (unpaired) electrons. The summed E-state index contributed by atoms with van der Waals surface area (Å²) in [7, 11) is 0. The molecule has 20 heavy (non-hydrogen) atoms. The lowest BCUT2D eigenvalue weighted by atomic mass is 9.90. The van der Waals surface area contributed by atoms with Gasteiger partial charge in [-0.3, -0.25) is 19.9 Å². The molecule has 0 spiro atoms. The Balaban J connectivity index is 2.26. The molecule has 7 nitrogen and oxygen atoms in total. The highest BCUT2D eigenvalue weighted by molar-refractivity contribution is 5.96. The predicted molar refractivity (Wildman–Crippen MR) is 73.3 cm³/mol. The first-order valence-electron chi connectivity index (χ1n) is 6.47. The largest absolute Gasteiger partial charge is 0.338 e. The number of aromatic nitrogens is 1. The molecule has 0 aliphatic carbocycles. The van der Waals surface area contributed by atoms with Gasteiger partial charge in [0.25, 0.3) is 11.6 Å². The number of rotatable bonds is 3. The number of amides is 1. The summed E-state index contributed by atoms with van der Waals surface area (Å²) in [5.41, 5.74) is 6.28. The number of hydrogen-bond acceptors (Lipinski definition) is 5. The van der Waals surface area contributed by atoms with Gasteiger partial charge >= 0.3 is 0 Å². The molecule has 0 aromatic carbocycles. The van der Waals surface area contributed by atoms with Gasteiger partial charge in [-0.2, -0.15) is 0 Å². The maximum Gasteiger partial charge on any atom is 0.288 e. The molecule has 2 rings (SSSR count). The van der Waals surface area contributed by atoms with E-state index >= 15 is 0 Å². The van der Waals surface area contributed by atoms with Crippen molar-refractivity contribution in [2.45, 2.75) is 20.3 Å². The van der Waals surface area contributed by atoms with E-state index in [1.807, 2.05) is 6.92 Å². The number of carbonyl (C=O) groups excluding carboxylic acids is 1. The number of nitrogens with two attached hydrogens (primary N) is 1. The summed E-state index contributed by atoms with van der Waals surface area (Å²) < 4.78 is 0. The van der Waals surface area contributed by atoms with Crippen LogP contribution in [0.25, 0.3) is 0 Å². The van der Waals surface area contributed by atoms with Crippen molar-refractivity contribution in [3.63, 3.8) is 0 Å². The molecule has 7 heteroatoms. The number of pyridine rings is 1. The van der Waals surface area contributed by atoms with Crippen LogP contribution in [-0.4, -0.2) is 40.3 Å². The maximum absolute atomic E-state index is 12.5. The van der Waals surface area contributed by atoms with Crippen LogP contribution in [0.4, 0.5) is 5.69 Å². The summed E-state index contributed by atoms with van der Waals surface area (Å²) >= 11 is 0. The van der Waals surface area contributed by atoms with E-state index < -0.39 is 4.92 Å². The Morgan fingerprint density at radius 3 is 2.90 bits per heavy atom. The van der Waals surface area contributed by atoms with Gasteiger partial charge < -0.3 is 10.6 Å². The minimum absolute atomic E-state index is 0.0717. The van der Waals surface area contributed by atoms with Crippen LogP contribution >= 0.6 is 0 Å². The van der Waals surface area contributed by atoms with Crippen molar-refractivity contribution in [2.75, 3.05) is 19.6 Å². The Morgan fingerprint density at radius 2 is 2.35 bits per heavy atom. The Hall–Kier alpha value is -2.02. The average Bonchev–Trinajstić information content (AvgIpc) is 2.82. The summed E-state index contributed by atoms with van der Waals surface area (Å²) in [4.78, 5) is 28.3. The molecule has 1 amide bonds. The molecule has 1 unspecified atom stereocenters. The molecule has 2 heterocycles. The van der Waals surface area contributed by atoms with Gasteiger partial charge in [0.05, 0.1) is 16.2 Å². The van der Waals surface area contributed by atoms with Crippen molar-refractivity contribution in [3.8, 4) is 0 Å². The molecule has 1 saturated heterocycles. The van der Waals surface area contributed by atoms with E-state index in [0.29, 0.717) is 30.9 Å². The number of hydrogen-bond donors (Lipinski definition) is 1. The molecule has 1 aliphatic rings. The van der Waals surface area contributed by atoms with Crippen LogP contribution in [0.3, 0.4) is 0 Å². The fraction of sp³-hybridized carbons (Fsp3) is 0.538. The summed E-state index contributed by atoms with van der Waals surface area (Å²) in [5, 5.41) is 10.8. The molecule has 108 valence electrons. The lowest BCUT2D eigenvalue weighted by Crippen LogP contribution is -2.34. The fourth-order valence-electron chi connectivity index (χ4n) is 2.37. The molecule has 1 aliphatic heterocycles. The van der Waals surface area contributed by atoms with Crippen LogP contribution in [0.15, 0.2) is 12.3 Å². The summed E-state index contributed by atoms with van der Waals surface area (Å²) in [6.07, 6.45) is 2.01. The fourth-order valence-corrected chi connectivity index (χ4v) is 2.37. The first-order chi connectivity index (χ1) is 9.36. The van der Waals surface area contributed by atoms with E-state index in [-0.39, 0.29) is 17.0 Å². The quantitative estimate of drug-likeness (QED) is 0.659. The van der Waals surface area contributed by atoms with Gasteiger partial charge in [0.15, 0.2) is 0 Å². The van der Waals surface area contributed by atoms with E-state index in [4.69, 9.17) is 5.73 Å². The zero-order chi connectivity index (χ0) is 14.9. The molecule has 1 fully saturated rings. The van der Waals surface area contributed by atoms with Crippen LogP contribution in [0.1, 0.15) is 29.4 Å². The topological polar surface area (TPSA) is 102 Å². The normalized spacial score (nSPS) is 22.1. The van der Waals surface area contributed by atoms with Gasteiger partial charge in [-0.1, -0.05) is 6.92 Å². The van der Waals surface area contributed by atoms with Gasteiger partial charge in [0.1, 0.15) is 6.20 Å². The molecule has 0 bridgehead atoms. The Labute approximate surface area is 116 Å². The minimum atomic E-state index is -0.544. The Kier molecular flexibility index (Phi) is 3.71. The van der Waals surface area contributed by atoms with E-state index in [1.54, 1.807) is 11.8 Å². The molecule has 1 aromatic heterocycles. The van der Waals surface area contributed by atoms with Crippen LogP contribution in [-0.2, 0) is 0 Å². The lowest BCUT2D eigenvalue weighted by Gasteiger charge is -2.22. The smallest absolute Gasteiger partial charge is 0.288 e. The first kappa shape index (κ1) is 14.4. The van der Waals surface area contributed by atoms with Gasteiger partial charge in [-0.25, -0.2) is 0 Å². The van der Waals surface area contributed by atoms with Crippen molar-refractivity contribution in [3.05, 3.63) is 33.6 Å². The molecular weight excluding hydrogens is 260 g/mol. The summed E-state index contributed by atoms with van der Waals surface area (Å²) in [6, 6.07) is 1.29. The standard InChI is InChI=1S/C13H18N4O3/c1-9-11(5-10(6-15-9)17(19)20)12(18)16-4-3-13(2,7-14)8-16/h5-6H,3-4,7-8,14H2,1-2H3. The summed E-state index contributed by atoms with van der Waals surface area (Å²) in [6.45, 7) is 5.43. The van der Waals surface area contributed by atoms with E-state index in [2.05, 4.69) is 4.98 Å². The van der Waals surface area contributed by atoms with Gasteiger partial charge in [0, 0.05) is 19.2 Å². The Bertz CT molecular complexity index is 561. The predicted octanol–water partition coefficient (Wildman–Crippen LogP) is 1.11. The third-order valence-electron chi connectivity index (χ3n) is 3.85. The summed E-state index contributed by atoms with van der Waals surface area (Å²) in [5.74, 6) is -0.212. The first-order valence-corrected chi connectivity index (χ1v) is 6.47. The molecule has 1 atom stereocenters. The van der Waals surface area contributed by atoms with E-state index in [1.165, 1.54) is 12.3 Å². The van der Waals surface area contributed by atoms with Gasteiger partial charge in [0.2, 0.25) is 0 Å². The van der Waals surface area contributed by atoms with E-state index in [0.717, 1.165) is 6.42 Å². The lowest BCUT2D eigenvalue weighted by molar-refractivity contribution is -0.385. The van der Waals surface area contributed by atoms with Crippen molar-refractivity contribution < 1.29 is 9.72 Å². The average molecular weight is 278 g/mol. The highest BCUT2D eigenvalue weighted by Crippen LogP contribution is 2.30. The zero-order valence-electron chi connectivity index (χ0n) is 11.6. The Morgan fingerprint density at radius 1 is 1.65 bits per heavy atom. The number of likely N-dealkylation sites (tertiary alicyclic amines) is 1. The number of carbonyl (C=O) groups is 1. The van der Waals surface area contributed by atoms with Crippen LogP contribution in [0.2, 0.25) is 0 Å². The van der Waals surface area contributed by atoms with Gasteiger partial charge in [-0.05, 0) is 25.3 Å². The highest BCUT2D eigenvalue weighted by atomic mass is 16.6. The van der Waals surface area contributed by atoms with E-state index in [9.17, 15) is 14.9 Å². The molecule has 0 saturated carbocycles. The van der Waals surface area contributed by atoms with Crippen molar-refractivity contribution >= 4 is 11.6 Å². The van der Waals surface area contributed by atoms with Crippen molar-refractivity contribution in [1.29, 1.82) is 0 Å². The van der Waals surface area contributed by atoms with Crippen LogP contribution in [0.5, 0.6) is 0 Å². The molecule has 1 aromatic rings. The number of aryl methyl sites for hydroxylation is 1. The molecular formula is C13H18N4O3. The SMILES string of the molecule is Cc1ncc([N+](=O)[O-])cc1C(=O)N1CCC(C)(CN)C1. The van der Waals surface area contributed by atoms with Crippen molar-refractivity contribution in [1.82, 2.24) is 9.88 Å². The van der Waals surface area contributed by atoms with Crippen LogP contribution < -0.4 is 5.73 Å². The monoisotopic (exact) mass is 278 g/mol. The highest BCUT2D eigenvalue weighted by Gasteiger charge is 2.35. The minimum Gasteiger partial charge on any atom is -0.338 e. The number of nitrogens with zero attached hydrogens (tertiary/aromatic N) is 3. The van der Waals surface area contributed by atoms with Crippen LogP contribution in [0, 0.1) is 22.5 Å². The second-order valence-electron chi connectivity index (χ2n) is 5.58. The molecule has 2 N–H and O–H groups in total. The second kappa shape index (κ2) is 5.16. The number of nitro groups is 1. The third kappa shape index (κ3) is 2.62.